The van der Waals surface area contributed by atoms with E-state index in [0.29, 0.717) is 12.8 Å². The van der Waals surface area contributed by atoms with E-state index < -0.39 is 69.4 Å². The van der Waals surface area contributed by atoms with Gasteiger partial charge >= 0.3 is 11.9 Å². The first-order chi connectivity index (χ1) is 30.1. The minimum Gasteiger partial charge on any atom is -0.481 e. The second kappa shape index (κ2) is 28.2. The SMILES string of the molecule is Cc1ccc(CCC(CS(=O)(=O)c2ccc(C)cc2)C(=O)c2ccc(C(=O)NC(CC(=O)NCCOCCOCCC(=O)O)C(=O)NCCCOCCOCCC(=O)O)cc2)cc1. The van der Waals surface area contributed by atoms with Crippen molar-refractivity contribution in [3.05, 3.63) is 101 Å². The third-order valence-electron chi connectivity index (χ3n) is 9.51. The molecule has 0 bridgehead atoms. The predicted octanol–water partition coefficient (Wildman–Crippen LogP) is 3.34. The Morgan fingerprint density at radius 3 is 1.71 bits per heavy atom. The van der Waals surface area contributed by atoms with Crippen molar-refractivity contribution in [3.8, 4) is 0 Å². The third kappa shape index (κ3) is 20.9. The van der Waals surface area contributed by atoms with Gasteiger partial charge in [0, 0.05) is 36.7 Å². The lowest BCUT2D eigenvalue weighted by atomic mass is 9.92. The van der Waals surface area contributed by atoms with Crippen LogP contribution in [0.3, 0.4) is 0 Å². The molecule has 0 spiro atoms. The summed E-state index contributed by atoms with van der Waals surface area (Å²) in [5, 5.41) is 25.3. The Bertz CT molecular complexity index is 2030. The van der Waals surface area contributed by atoms with Crippen LogP contribution in [0.1, 0.15) is 69.5 Å². The van der Waals surface area contributed by atoms with E-state index in [9.17, 15) is 37.2 Å². The van der Waals surface area contributed by atoms with Gasteiger partial charge in [0.25, 0.3) is 5.91 Å². The molecule has 0 aliphatic rings. The van der Waals surface area contributed by atoms with Crippen molar-refractivity contribution in [1.29, 1.82) is 0 Å². The van der Waals surface area contributed by atoms with Crippen LogP contribution in [0.2, 0.25) is 0 Å². The average Bonchev–Trinajstić information content (AvgIpc) is 3.25. The maximum absolute atomic E-state index is 14.0. The van der Waals surface area contributed by atoms with Crippen LogP contribution in [0, 0.1) is 19.8 Å². The molecule has 5 N–H and O–H groups in total. The van der Waals surface area contributed by atoms with E-state index in [2.05, 4.69) is 16.0 Å². The van der Waals surface area contributed by atoms with Gasteiger partial charge in [0.15, 0.2) is 15.6 Å². The van der Waals surface area contributed by atoms with Crippen molar-refractivity contribution in [2.75, 3.05) is 71.7 Å². The summed E-state index contributed by atoms with van der Waals surface area (Å²) in [4.78, 5) is 74.9. The van der Waals surface area contributed by atoms with Crippen LogP contribution in [0.25, 0.3) is 0 Å². The Kier molecular flexibility index (Phi) is 23.2. The molecular weight excluding hydrogens is 839 g/mol. The predicted molar refractivity (Wildman–Crippen MR) is 231 cm³/mol. The van der Waals surface area contributed by atoms with Gasteiger partial charge in [-0.2, -0.15) is 0 Å². The topological polar surface area (TPSA) is 250 Å². The van der Waals surface area contributed by atoms with Gasteiger partial charge in [-0.1, -0.05) is 59.7 Å². The number of Topliss-reactive ketones (excluding diaryl/α,β-unsaturated/α-hetero) is 1. The lowest BCUT2D eigenvalue weighted by Gasteiger charge is -2.19. The molecule has 3 aromatic rings. The van der Waals surface area contributed by atoms with E-state index in [-0.39, 0.29) is 101 Å². The number of aliphatic carboxylic acids is 2. The largest absolute Gasteiger partial charge is 0.481 e. The van der Waals surface area contributed by atoms with Gasteiger partial charge in [-0.05, 0) is 62.9 Å². The molecule has 0 saturated carbocycles. The number of ketones is 1. The molecule has 17 nitrogen and oxygen atoms in total. The zero-order chi connectivity index (χ0) is 46.0. The van der Waals surface area contributed by atoms with E-state index >= 15 is 0 Å². The average molecular weight is 898 g/mol. The smallest absolute Gasteiger partial charge is 0.305 e. The van der Waals surface area contributed by atoms with Gasteiger partial charge in [0.1, 0.15) is 6.04 Å². The van der Waals surface area contributed by atoms with E-state index in [1.807, 2.05) is 38.1 Å². The quantitative estimate of drug-likeness (QED) is 0.0446. The minimum absolute atomic E-state index is 0.0435. The number of carbonyl (C=O) groups is 6. The van der Waals surface area contributed by atoms with Crippen molar-refractivity contribution in [1.82, 2.24) is 16.0 Å². The maximum atomic E-state index is 14.0. The molecule has 63 heavy (non-hydrogen) atoms. The molecule has 2 atom stereocenters. The van der Waals surface area contributed by atoms with Crippen molar-refractivity contribution >= 4 is 45.3 Å². The van der Waals surface area contributed by atoms with Crippen molar-refractivity contribution in [2.24, 2.45) is 5.92 Å². The van der Waals surface area contributed by atoms with Crippen LogP contribution in [-0.2, 0) is 54.4 Å². The highest BCUT2D eigenvalue weighted by molar-refractivity contribution is 7.91. The zero-order valence-electron chi connectivity index (χ0n) is 35.8. The second-order valence-electron chi connectivity index (χ2n) is 14.7. The molecule has 3 rings (SSSR count). The lowest BCUT2D eigenvalue weighted by molar-refractivity contribution is -0.139. The van der Waals surface area contributed by atoms with Gasteiger partial charge < -0.3 is 45.1 Å². The highest BCUT2D eigenvalue weighted by atomic mass is 32.2. The summed E-state index contributed by atoms with van der Waals surface area (Å²) in [5.41, 5.74) is 3.22. The zero-order valence-corrected chi connectivity index (χ0v) is 36.6. The number of carboxylic acids is 2. The van der Waals surface area contributed by atoms with Crippen LogP contribution in [0.15, 0.2) is 77.7 Å². The van der Waals surface area contributed by atoms with Gasteiger partial charge in [0.2, 0.25) is 11.8 Å². The van der Waals surface area contributed by atoms with E-state index in [1.165, 1.54) is 36.4 Å². The Labute approximate surface area is 368 Å². The Morgan fingerprint density at radius 1 is 0.619 bits per heavy atom. The molecule has 0 fully saturated rings. The summed E-state index contributed by atoms with van der Waals surface area (Å²) in [6.45, 7) is 5.27. The highest BCUT2D eigenvalue weighted by Crippen LogP contribution is 2.23. The number of carbonyl (C=O) groups excluding carboxylic acids is 4. The molecule has 3 amide bonds. The first-order valence-corrected chi connectivity index (χ1v) is 22.4. The number of hydrogen-bond acceptors (Lipinski definition) is 12. The van der Waals surface area contributed by atoms with Crippen LogP contribution in [0.4, 0.5) is 0 Å². The van der Waals surface area contributed by atoms with Crippen LogP contribution >= 0.6 is 0 Å². The van der Waals surface area contributed by atoms with E-state index in [1.54, 1.807) is 12.1 Å². The van der Waals surface area contributed by atoms with Gasteiger partial charge in [0.05, 0.1) is 76.2 Å². The van der Waals surface area contributed by atoms with E-state index in [4.69, 9.17) is 29.2 Å². The highest BCUT2D eigenvalue weighted by Gasteiger charge is 2.29. The summed E-state index contributed by atoms with van der Waals surface area (Å²) >= 11 is 0. The summed E-state index contributed by atoms with van der Waals surface area (Å²) in [6.07, 6.45) is 0.444. The molecule has 2 unspecified atom stereocenters. The molecule has 0 aliphatic carbocycles. The number of benzene rings is 3. The fourth-order valence-corrected chi connectivity index (χ4v) is 7.55. The molecule has 18 heteroatoms. The van der Waals surface area contributed by atoms with Crippen molar-refractivity contribution in [3.63, 3.8) is 0 Å². The molecule has 0 aliphatic heterocycles. The summed E-state index contributed by atoms with van der Waals surface area (Å²) in [7, 11) is -3.84. The summed E-state index contributed by atoms with van der Waals surface area (Å²) < 4.78 is 48.2. The molecule has 344 valence electrons. The minimum atomic E-state index is -3.84. The number of rotatable bonds is 32. The number of sulfone groups is 1. The van der Waals surface area contributed by atoms with Crippen LogP contribution in [0.5, 0.6) is 0 Å². The molecule has 0 saturated heterocycles. The van der Waals surface area contributed by atoms with Gasteiger partial charge in [-0.25, -0.2) is 8.42 Å². The molecular formula is C45H59N3O14S. The molecule has 3 aromatic carbocycles. The Hall–Kier alpha value is -5.53. The van der Waals surface area contributed by atoms with Crippen LogP contribution < -0.4 is 16.0 Å². The number of amides is 3. The number of nitrogens with one attached hydrogen (secondary N) is 3. The van der Waals surface area contributed by atoms with E-state index in [0.717, 1.165) is 16.7 Å². The summed E-state index contributed by atoms with van der Waals surface area (Å²) in [5.74, 6) is -5.54. The van der Waals surface area contributed by atoms with Crippen LogP contribution in [-0.4, -0.2) is 132 Å². The Morgan fingerprint density at radius 2 is 1.14 bits per heavy atom. The molecule has 0 heterocycles. The van der Waals surface area contributed by atoms with Crippen molar-refractivity contribution < 1.29 is 66.3 Å². The number of ether oxygens (including phenoxy) is 4. The first-order valence-electron chi connectivity index (χ1n) is 20.7. The monoisotopic (exact) mass is 897 g/mol. The number of hydrogen-bond donors (Lipinski definition) is 5. The van der Waals surface area contributed by atoms with Gasteiger partial charge in [-0.3, -0.25) is 28.8 Å². The standard InChI is InChI=1S/C45H59N3O14S/c1-32-4-8-34(9-5-32)10-11-37(31-63(57,58)38-16-6-33(2)7-17-38)43(54)35-12-14-36(15-13-35)44(55)48-39(30-40(49)46-21-25-62-29-28-61-24-19-42(52)53)45(56)47-20-3-22-59-26-27-60-23-18-41(50)51/h4-9,12-17,37,39H,3,10-11,18-31H2,1-2H3,(H,46,49)(H,47,56)(H,48,55)(H,50,51)(H,52,53). The lowest BCUT2D eigenvalue weighted by Crippen LogP contribution is -2.49. The normalized spacial score (nSPS) is 12.2. The second-order valence-corrected chi connectivity index (χ2v) is 16.8. The third-order valence-corrected chi connectivity index (χ3v) is 11.3. The fraction of sp³-hybridized carbons (Fsp3) is 0.467. The van der Waals surface area contributed by atoms with Crippen molar-refractivity contribution in [2.45, 2.75) is 63.3 Å². The molecule has 0 aromatic heterocycles. The van der Waals surface area contributed by atoms with Gasteiger partial charge in [-0.15, -0.1) is 0 Å². The Balaban J connectivity index is 1.65. The summed E-state index contributed by atoms with van der Waals surface area (Å²) in [6, 6.07) is 18.6. The first kappa shape index (κ1) is 51.8. The number of carboxylic acid groups (broad SMARTS) is 2. The fourth-order valence-electron chi connectivity index (χ4n) is 5.96. The number of aryl methyl sites for hydroxylation is 3. The molecule has 0 radical (unpaired) electrons. The maximum Gasteiger partial charge on any atom is 0.305 e.